The van der Waals surface area contributed by atoms with Gasteiger partial charge in [0.2, 0.25) is 0 Å². The molecule has 1 heterocycles. The van der Waals surface area contributed by atoms with Crippen LogP contribution in [0.15, 0.2) is 12.7 Å². The molecule has 2 aliphatic rings. The molecule has 0 aromatic carbocycles. The lowest BCUT2D eigenvalue weighted by Gasteiger charge is -2.34. The number of likely N-dealkylation sites (tertiary alicyclic amines) is 1. The van der Waals surface area contributed by atoms with Gasteiger partial charge in [0.1, 0.15) is 5.60 Å². The molecule has 3 atom stereocenters. The topological polar surface area (TPSA) is 41.6 Å². The summed E-state index contributed by atoms with van der Waals surface area (Å²) in [5.74, 6) is 0.569. The zero-order valence-corrected chi connectivity index (χ0v) is 14.4. The number of ether oxygens (including phenoxy) is 1. The molecule has 22 heavy (non-hydrogen) atoms. The third-order valence-corrected chi connectivity index (χ3v) is 4.75. The molecule has 1 saturated carbocycles. The zero-order chi connectivity index (χ0) is 16.2. The van der Waals surface area contributed by atoms with Crippen LogP contribution in [0, 0.1) is 5.92 Å². The van der Waals surface area contributed by atoms with Crippen molar-refractivity contribution >= 4 is 6.09 Å². The highest BCUT2D eigenvalue weighted by molar-refractivity contribution is 5.69. The molecule has 4 heteroatoms. The molecule has 0 radical (unpaired) electrons. The predicted molar refractivity (Wildman–Crippen MR) is 89.9 cm³/mol. The van der Waals surface area contributed by atoms with E-state index < -0.39 is 5.60 Å². The normalized spacial score (nSPS) is 28.9. The van der Waals surface area contributed by atoms with Crippen molar-refractivity contribution in [2.45, 2.75) is 77.0 Å². The van der Waals surface area contributed by atoms with Crippen molar-refractivity contribution < 1.29 is 9.53 Å². The molecule has 1 saturated heterocycles. The summed E-state index contributed by atoms with van der Waals surface area (Å²) in [6, 6.07) is 0.881. The molecular weight excluding hydrogens is 276 g/mol. The van der Waals surface area contributed by atoms with Crippen LogP contribution < -0.4 is 5.32 Å². The van der Waals surface area contributed by atoms with Gasteiger partial charge in [-0.15, -0.1) is 6.58 Å². The van der Waals surface area contributed by atoms with Gasteiger partial charge in [-0.25, -0.2) is 4.79 Å². The summed E-state index contributed by atoms with van der Waals surface area (Å²) in [5, 5.41) is 3.67. The Hall–Kier alpha value is -1.03. The molecular formula is C18H32N2O2. The Morgan fingerprint density at radius 1 is 1.32 bits per heavy atom. The van der Waals surface area contributed by atoms with Crippen LogP contribution in [0.4, 0.5) is 4.79 Å². The largest absolute Gasteiger partial charge is 0.444 e. The lowest BCUT2D eigenvalue weighted by Crippen LogP contribution is -2.47. The van der Waals surface area contributed by atoms with Crippen LogP contribution in [0.25, 0.3) is 0 Å². The van der Waals surface area contributed by atoms with Crippen molar-refractivity contribution in [2.24, 2.45) is 5.92 Å². The number of nitrogens with one attached hydrogen (secondary N) is 1. The number of hydrogen-bond donors (Lipinski definition) is 1. The van der Waals surface area contributed by atoms with E-state index in [2.05, 4.69) is 11.9 Å². The van der Waals surface area contributed by atoms with E-state index in [1.165, 1.54) is 19.3 Å². The van der Waals surface area contributed by atoms with Crippen molar-refractivity contribution in [3.05, 3.63) is 12.7 Å². The van der Waals surface area contributed by atoms with Crippen LogP contribution in [0.2, 0.25) is 0 Å². The van der Waals surface area contributed by atoms with Crippen LogP contribution in [0.1, 0.15) is 59.3 Å². The lowest BCUT2D eigenvalue weighted by molar-refractivity contribution is 0.0167. The third-order valence-electron chi connectivity index (χ3n) is 4.75. The summed E-state index contributed by atoms with van der Waals surface area (Å²) in [6.45, 7) is 11.4. The van der Waals surface area contributed by atoms with Crippen molar-refractivity contribution in [2.75, 3.05) is 13.1 Å². The molecule has 2 fully saturated rings. The minimum atomic E-state index is -0.415. The van der Waals surface area contributed by atoms with Gasteiger partial charge in [-0.2, -0.15) is 0 Å². The Kier molecular flexibility index (Phi) is 5.90. The quantitative estimate of drug-likeness (QED) is 0.621. The summed E-state index contributed by atoms with van der Waals surface area (Å²) >= 11 is 0. The second kappa shape index (κ2) is 7.49. The molecule has 4 nitrogen and oxygen atoms in total. The van der Waals surface area contributed by atoms with Crippen molar-refractivity contribution in [3.8, 4) is 0 Å². The molecule has 2 rings (SSSR count). The fourth-order valence-corrected chi connectivity index (χ4v) is 3.86. The van der Waals surface area contributed by atoms with Crippen LogP contribution in [0.3, 0.4) is 0 Å². The molecule has 1 N–H and O–H groups in total. The summed E-state index contributed by atoms with van der Waals surface area (Å²) in [7, 11) is 0. The first-order chi connectivity index (χ1) is 10.4. The van der Waals surface area contributed by atoms with Gasteiger partial charge in [0.05, 0.1) is 0 Å². The highest BCUT2D eigenvalue weighted by atomic mass is 16.6. The highest BCUT2D eigenvalue weighted by Crippen LogP contribution is 2.36. The maximum atomic E-state index is 12.5. The van der Waals surface area contributed by atoms with E-state index in [0.717, 1.165) is 32.4 Å². The molecule has 1 amide bonds. The molecule has 0 bridgehead atoms. The molecule has 126 valence electrons. The van der Waals surface area contributed by atoms with Crippen molar-refractivity contribution in [1.29, 1.82) is 0 Å². The van der Waals surface area contributed by atoms with E-state index in [-0.39, 0.29) is 6.09 Å². The first-order valence-electron chi connectivity index (χ1n) is 8.76. The Bertz CT molecular complexity index is 389. The number of amides is 1. The summed E-state index contributed by atoms with van der Waals surface area (Å²) in [4.78, 5) is 14.5. The van der Waals surface area contributed by atoms with Gasteiger partial charge in [-0.05, 0) is 65.3 Å². The Morgan fingerprint density at radius 2 is 2.09 bits per heavy atom. The van der Waals surface area contributed by atoms with E-state index in [1.54, 1.807) is 0 Å². The fourth-order valence-electron chi connectivity index (χ4n) is 3.86. The monoisotopic (exact) mass is 308 g/mol. The average molecular weight is 308 g/mol. The van der Waals surface area contributed by atoms with Gasteiger partial charge >= 0.3 is 6.09 Å². The summed E-state index contributed by atoms with van der Waals surface area (Å²) in [5.41, 5.74) is -0.415. The Balaban J connectivity index is 1.96. The van der Waals surface area contributed by atoms with E-state index in [0.29, 0.717) is 18.0 Å². The number of carbonyl (C=O) groups excluding carboxylic acids is 1. The molecule has 0 aromatic heterocycles. The van der Waals surface area contributed by atoms with E-state index in [4.69, 9.17) is 4.74 Å². The number of carbonyl (C=O) groups is 1. The molecule has 3 unspecified atom stereocenters. The highest BCUT2D eigenvalue weighted by Gasteiger charge is 2.41. The average Bonchev–Trinajstić information content (AvgIpc) is 3.04. The van der Waals surface area contributed by atoms with Crippen LogP contribution in [-0.2, 0) is 4.74 Å². The van der Waals surface area contributed by atoms with Gasteiger partial charge < -0.3 is 15.0 Å². The van der Waals surface area contributed by atoms with Gasteiger partial charge in [0.25, 0.3) is 0 Å². The first kappa shape index (κ1) is 17.3. The molecule has 0 spiro atoms. The Morgan fingerprint density at radius 3 is 2.77 bits per heavy atom. The van der Waals surface area contributed by atoms with Gasteiger partial charge in [0, 0.05) is 18.6 Å². The van der Waals surface area contributed by atoms with Crippen molar-refractivity contribution in [3.63, 3.8) is 0 Å². The maximum Gasteiger partial charge on any atom is 0.410 e. The van der Waals surface area contributed by atoms with Crippen molar-refractivity contribution in [1.82, 2.24) is 10.2 Å². The SMILES string of the molecule is C=CCCNC1CCCC1C1CCCN1C(=O)OC(C)(C)C. The fraction of sp³-hybridized carbons (Fsp3) is 0.833. The molecule has 1 aliphatic carbocycles. The first-order valence-corrected chi connectivity index (χ1v) is 8.76. The number of nitrogens with zero attached hydrogens (tertiary/aromatic N) is 1. The minimum absolute atomic E-state index is 0.133. The van der Waals surface area contributed by atoms with E-state index in [9.17, 15) is 4.79 Å². The smallest absolute Gasteiger partial charge is 0.410 e. The van der Waals surface area contributed by atoms with Gasteiger partial charge in [0.15, 0.2) is 0 Å². The third kappa shape index (κ3) is 4.48. The Labute approximate surface area is 135 Å². The second-order valence-electron chi connectivity index (χ2n) is 7.62. The molecule has 0 aromatic rings. The van der Waals surface area contributed by atoms with E-state index >= 15 is 0 Å². The maximum absolute atomic E-state index is 12.5. The summed E-state index contributed by atoms with van der Waals surface area (Å²) in [6.07, 6.45) is 8.74. The second-order valence-corrected chi connectivity index (χ2v) is 7.62. The predicted octanol–water partition coefficient (Wildman–Crippen LogP) is 3.72. The van der Waals surface area contributed by atoms with Crippen LogP contribution in [0.5, 0.6) is 0 Å². The lowest BCUT2D eigenvalue weighted by atomic mass is 9.92. The van der Waals surface area contributed by atoms with Crippen LogP contribution in [-0.4, -0.2) is 41.8 Å². The zero-order valence-electron chi connectivity index (χ0n) is 14.4. The van der Waals surface area contributed by atoms with Gasteiger partial charge in [-0.3, -0.25) is 0 Å². The standard InChI is InChI=1S/C18H32N2O2/c1-5-6-12-19-15-10-7-9-14(15)16-11-8-13-20(16)17(21)22-18(2,3)4/h5,14-16,19H,1,6-13H2,2-4H3. The van der Waals surface area contributed by atoms with E-state index in [1.807, 2.05) is 31.7 Å². The molecule has 1 aliphatic heterocycles. The minimum Gasteiger partial charge on any atom is -0.444 e. The summed E-state index contributed by atoms with van der Waals surface area (Å²) < 4.78 is 5.60. The number of hydrogen-bond acceptors (Lipinski definition) is 3. The number of rotatable bonds is 5. The van der Waals surface area contributed by atoms with Gasteiger partial charge in [-0.1, -0.05) is 12.5 Å². The van der Waals surface area contributed by atoms with Crippen LogP contribution >= 0.6 is 0 Å².